The SMILES string of the molecule is CCCCCOc1c(OC)ccc2cc(C(=O)ONC(=O)Cc3ccc(O)cc3)cnc12. The summed E-state index contributed by atoms with van der Waals surface area (Å²) >= 11 is 0. The number of nitrogens with one attached hydrogen (secondary N) is 1. The van der Waals surface area contributed by atoms with Crippen LogP contribution in [0.3, 0.4) is 0 Å². The van der Waals surface area contributed by atoms with Crippen LogP contribution in [0.25, 0.3) is 10.9 Å². The molecule has 0 radical (unpaired) electrons. The lowest BCUT2D eigenvalue weighted by Gasteiger charge is -2.13. The number of nitrogens with zero attached hydrogens (tertiary/aromatic N) is 1. The molecule has 32 heavy (non-hydrogen) atoms. The van der Waals surface area contributed by atoms with E-state index in [4.69, 9.17) is 14.3 Å². The number of unbranched alkanes of at least 4 members (excludes halogenated alkanes) is 2. The standard InChI is InChI=1S/C24H26N2O6/c1-3-4-5-12-31-23-20(30-2)11-8-17-14-18(15-25-22(17)23)24(29)32-26-21(28)13-16-6-9-19(27)10-7-16/h6-11,14-15,27H,3-5,12-13H2,1-2H3,(H,26,28). The van der Waals surface area contributed by atoms with Gasteiger partial charge in [-0.25, -0.2) is 4.79 Å². The minimum absolute atomic E-state index is 0.00204. The fourth-order valence-corrected chi connectivity index (χ4v) is 3.09. The number of amides is 1. The van der Waals surface area contributed by atoms with Crippen LogP contribution in [0.2, 0.25) is 0 Å². The Bertz CT molecular complexity index is 1080. The summed E-state index contributed by atoms with van der Waals surface area (Å²) in [4.78, 5) is 33.7. The van der Waals surface area contributed by atoms with Gasteiger partial charge in [-0.3, -0.25) is 9.78 Å². The molecule has 0 atom stereocenters. The van der Waals surface area contributed by atoms with Gasteiger partial charge in [-0.1, -0.05) is 31.9 Å². The van der Waals surface area contributed by atoms with E-state index in [1.807, 2.05) is 0 Å². The van der Waals surface area contributed by atoms with E-state index in [2.05, 4.69) is 17.4 Å². The first-order valence-corrected chi connectivity index (χ1v) is 10.4. The number of hydrogen-bond donors (Lipinski definition) is 2. The zero-order valence-electron chi connectivity index (χ0n) is 18.1. The van der Waals surface area contributed by atoms with Gasteiger partial charge >= 0.3 is 5.97 Å². The molecule has 8 nitrogen and oxygen atoms in total. The number of carbonyl (C=O) groups is 2. The minimum atomic E-state index is -0.736. The van der Waals surface area contributed by atoms with Crippen molar-refractivity contribution in [3.63, 3.8) is 0 Å². The molecule has 0 aliphatic heterocycles. The Morgan fingerprint density at radius 2 is 1.88 bits per heavy atom. The van der Waals surface area contributed by atoms with Crippen molar-refractivity contribution < 1.29 is 29.0 Å². The molecule has 0 spiro atoms. The molecule has 8 heteroatoms. The van der Waals surface area contributed by atoms with Gasteiger partial charge in [0.25, 0.3) is 5.91 Å². The van der Waals surface area contributed by atoms with Crippen molar-refractivity contribution in [2.24, 2.45) is 0 Å². The minimum Gasteiger partial charge on any atom is -0.508 e. The van der Waals surface area contributed by atoms with Crippen molar-refractivity contribution in [3.8, 4) is 17.2 Å². The van der Waals surface area contributed by atoms with Crippen LogP contribution in [0.4, 0.5) is 0 Å². The molecule has 3 rings (SSSR count). The molecule has 0 saturated heterocycles. The van der Waals surface area contributed by atoms with Gasteiger partial charge in [0.2, 0.25) is 0 Å². The molecule has 0 saturated carbocycles. The lowest BCUT2D eigenvalue weighted by molar-refractivity contribution is -0.129. The second kappa shape index (κ2) is 11.0. The van der Waals surface area contributed by atoms with E-state index >= 15 is 0 Å². The number of aromatic hydroxyl groups is 1. The Kier molecular flexibility index (Phi) is 7.85. The molecule has 1 aromatic heterocycles. The predicted molar refractivity (Wildman–Crippen MR) is 119 cm³/mol. The van der Waals surface area contributed by atoms with E-state index in [9.17, 15) is 14.7 Å². The van der Waals surface area contributed by atoms with E-state index in [-0.39, 0.29) is 17.7 Å². The van der Waals surface area contributed by atoms with Gasteiger partial charge in [-0.15, -0.1) is 0 Å². The third-order valence-electron chi connectivity index (χ3n) is 4.78. The normalized spacial score (nSPS) is 10.6. The van der Waals surface area contributed by atoms with Gasteiger partial charge < -0.3 is 19.4 Å². The van der Waals surface area contributed by atoms with Crippen LogP contribution in [0.15, 0.2) is 48.7 Å². The van der Waals surface area contributed by atoms with Crippen LogP contribution in [0, 0.1) is 0 Å². The highest BCUT2D eigenvalue weighted by atomic mass is 16.7. The monoisotopic (exact) mass is 438 g/mol. The maximum atomic E-state index is 12.4. The predicted octanol–water partition coefficient (Wildman–Crippen LogP) is 3.95. The van der Waals surface area contributed by atoms with Crippen LogP contribution >= 0.6 is 0 Å². The second-order valence-electron chi connectivity index (χ2n) is 7.21. The van der Waals surface area contributed by atoms with Crippen molar-refractivity contribution in [3.05, 3.63) is 59.8 Å². The number of phenols is 1. The number of ether oxygens (including phenoxy) is 2. The number of pyridine rings is 1. The molecule has 1 heterocycles. The fraction of sp³-hybridized carbons (Fsp3) is 0.292. The molecule has 1 amide bonds. The molecule has 168 valence electrons. The van der Waals surface area contributed by atoms with Crippen LogP contribution in [0.5, 0.6) is 17.2 Å². The van der Waals surface area contributed by atoms with Crippen LogP contribution in [-0.4, -0.2) is 35.7 Å². The van der Waals surface area contributed by atoms with E-state index in [0.717, 1.165) is 19.3 Å². The van der Waals surface area contributed by atoms with Crippen LogP contribution < -0.4 is 15.0 Å². The van der Waals surface area contributed by atoms with Crippen molar-refractivity contribution in [2.45, 2.75) is 32.6 Å². The Morgan fingerprint density at radius 1 is 1.09 bits per heavy atom. The quantitative estimate of drug-likeness (QED) is 0.385. The van der Waals surface area contributed by atoms with Crippen molar-refractivity contribution in [1.29, 1.82) is 0 Å². The van der Waals surface area contributed by atoms with E-state index in [1.54, 1.807) is 37.4 Å². The Labute approximate surface area is 186 Å². The highest BCUT2D eigenvalue weighted by Gasteiger charge is 2.16. The average Bonchev–Trinajstić information content (AvgIpc) is 2.81. The van der Waals surface area contributed by atoms with E-state index < -0.39 is 11.9 Å². The molecule has 0 aliphatic carbocycles. The lowest BCUT2D eigenvalue weighted by atomic mass is 10.1. The van der Waals surface area contributed by atoms with Gasteiger partial charge in [0.05, 0.1) is 25.7 Å². The first kappa shape index (κ1) is 22.9. The highest BCUT2D eigenvalue weighted by Crippen LogP contribution is 2.34. The summed E-state index contributed by atoms with van der Waals surface area (Å²) in [5, 5.41) is 9.97. The van der Waals surface area contributed by atoms with E-state index in [0.29, 0.717) is 34.6 Å². The number of benzene rings is 2. The highest BCUT2D eigenvalue weighted by molar-refractivity contribution is 5.96. The molecule has 0 unspecified atom stereocenters. The van der Waals surface area contributed by atoms with Crippen LogP contribution in [-0.2, 0) is 16.1 Å². The number of aromatic nitrogens is 1. The number of carbonyl (C=O) groups excluding carboxylic acids is 2. The van der Waals surface area contributed by atoms with Crippen molar-refractivity contribution in [1.82, 2.24) is 10.5 Å². The number of fused-ring (bicyclic) bond motifs is 1. The van der Waals surface area contributed by atoms with Gasteiger partial charge in [0.15, 0.2) is 11.5 Å². The summed E-state index contributed by atoms with van der Waals surface area (Å²) in [6, 6.07) is 11.3. The fourth-order valence-electron chi connectivity index (χ4n) is 3.09. The van der Waals surface area contributed by atoms with Gasteiger partial charge in [0.1, 0.15) is 11.3 Å². The maximum Gasteiger partial charge on any atom is 0.364 e. The number of rotatable bonds is 9. The van der Waals surface area contributed by atoms with Crippen molar-refractivity contribution >= 4 is 22.8 Å². The lowest BCUT2D eigenvalue weighted by Crippen LogP contribution is -2.28. The molecule has 3 aromatic rings. The smallest absolute Gasteiger partial charge is 0.364 e. The number of hydrogen-bond acceptors (Lipinski definition) is 7. The maximum absolute atomic E-state index is 12.4. The topological polar surface area (TPSA) is 107 Å². The summed E-state index contributed by atoms with van der Waals surface area (Å²) in [6.45, 7) is 2.66. The van der Waals surface area contributed by atoms with Gasteiger partial charge in [-0.05, 0) is 42.3 Å². The Balaban J connectivity index is 1.66. The number of hydroxylamine groups is 1. The first-order chi connectivity index (χ1) is 15.5. The zero-order chi connectivity index (χ0) is 22.9. The molecule has 0 aliphatic rings. The second-order valence-corrected chi connectivity index (χ2v) is 7.21. The molecular weight excluding hydrogens is 412 g/mol. The summed E-state index contributed by atoms with van der Waals surface area (Å²) in [5.41, 5.74) is 3.57. The Morgan fingerprint density at radius 3 is 2.59 bits per heavy atom. The van der Waals surface area contributed by atoms with E-state index in [1.165, 1.54) is 18.3 Å². The van der Waals surface area contributed by atoms with Gasteiger partial charge in [-0.2, -0.15) is 5.48 Å². The number of methoxy groups -OCH3 is 1. The average molecular weight is 438 g/mol. The third-order valence-corrected chi connectivity index (χ3v) is 4.78. The number of phenolic OH excluding ortho intramolecular Hbond substituents is 1. The van der Waals surface area contributed by atoms with Crippen LogP contribution in [0.1, 0.15) is 42.1 Å². The molecule has 0 fully saturated rings. The third kappa shape index (κ3) is 5.87. The molecule has 2 aromatic carbocycles. The van der Waals surface area contributed by atoms with Gasteiger partial charge in [0, 0.05) is 11.6 Å². The zero-order valence-corrected chi connectivity index (χ0v) is 18.1. The molecular formula is C24H26N2O6. The summed E-state index contributed by atoms with van der Waals surface area (Å²) in [5.74, 6) is -0.0250. The Hall–Kier alpha value is -3.81. The summed E-state index contributed by atoms with van der Waals surface area (Å²) in [6.07, 6.45) is 4.45. The first-order valence-electron chi connectivity index (χ1n) is 10.4. The molecule has 2 N–H and O–H groups in total. The molecule has 0 bridgehead atoms. The largest absolute Gasteiger partial charge is 0.508 e. The van der Waals surface area contributed by atoms with Crippen molar-refractivity contribution in [2.75, 3.05) is 13.7 Å². The summed E-state index contributed by atoms with van der Waals surface area (Å²) < 4.78 is 11.3. The summed E-state index contributed by atoms with van der Waals surface area (Å²) in [7, 11) is 1.56.